The van der Waals surface area contributed by atoms with Gasteiger partial charge in [-0.3, -0.25) is 0 Å². The summed E-state index contributed by atoms with van der Waals surface area (Å²) in [4.78, 5) is 11.3. The van der Waals surface area contributed by atoms with Crippen LogP contribution in [0.1, 0.15) is 33.3 Å². The molecule has 0 bridgehead atoms. The van der Waals surface area contributed by atoms with Crippen molar-refractivity contribution in [1.82, 2.24) is 15.2 Å². The molecule has 0 saturated carbocycles. The Morgan fingerprint density at radius 2 is 2.00 bits per heavy atom. The molecule has 0 saturated heterocycles. The monoisotopic (exact) mass is 317 g/mol. The number of nitrogens with one attached hydrogen (secondary N) is 2. The molecule has 1 heterocycles. The third-order valence-electron chi connectivity index (χ3n) is 2.78. The van der Waals surface area contributed by atoms with E-state index >= 15 is 0 Å². The van der Waals surface area contributed by atoms with Gasteiger partial charge in [0.2, 0.25) is 0 Å². The van der Waals surface area contributed by atoms with Crippen molar-refractivity contribution in [2.75, 3.05) is 13.1 Å². The standard InChI is InChI=1S/C15H25F2N3O2/c1-5-20-7-6-12(9-20)8-18-10-15(16,17)11-19-13(21)22-14(2,3)4/h6-7,9,18H,5,8,10-11H2,1-4H3,(H,19,21). The van der Waals surface area contributed by atoms with E-state index in [1.54, 1.807) is 20.8 Å². The average molecular weight is 317 g/mol. The van der Waals surface area contributed by atoms with Crippen LogP contribution in [0.15, 0.2) is 18.5 Å². The molecule has 126 valence electrons. The minimum atomic E-state index is -3.04. The van der Waals surface area contributed by atoms with Gasteiger partial charge in [0.1, 0.15) is 5.60 Å². The van der Waals surface area contributed by atoms with E-state index in [9.17, 15) is 13.6 Å². The maximum absolute atomic E-state index is 13.7. The zero-order valence-corrected chi connectivity index (χ0v) is 13.6. The number of nitrogens with zero attached hydrogens (tertiary/aromatic N) is 1. The Hall–Kier alpha value is -1.63. The first-order valence-electron chi connectivity index (χ1n) is 7.31. The Balaban J connectivity index is 2.29. The third-order valence-corrected chi connectivity index (χ3v) is 2.78. The Bertz CT molecular complexity index is 481. The SMILES string of the molecule is CCn1ccc(CNCC(F)(F)CNC(=O)OC(C)(C)C)c1. The summed E-state index contributed by atoms with van der Waals surface area (Å²) in [6.07, 6.45) is 2.97. The van der Waals surface area contributed by atoms with E-state index in [4.69, 9.17) is 4.74 Å². The number of amides is 1. The number of rotatable bonds is 7. The molecule has 0 spiro atoms. The number of aryl methyl sites for hydroxylation is 1. The third kappa shape index (κ3) is 7.40. The van der Waals surface area contributed by atoms with Gasteiger partial charge >= 0.3 is 6.09 Å². The molecule has 0 unspecified atom stereocenters. The van der Waals surface area contributed by atoms with Crippen LogP contribution in [0.25, 0.3) is 0 Å². The molecular weight excluding hydrogens is 292 g/mol. The average Bonchev–Trinajstić information content (AvgIpc) is 2.82. The number of hydrogen-bond donors (Lipinski definition) is 2. The fourth-order valence-corrected chi connectivity index (χ4v) is 1.76. The van der Waals surface area contributed by atoms with E-state index in [0.717, 1.165) is 12.1 Å². The van der Waals surface area contributed by atoms with Crippen LogP contribution in [0.5, 0.6) is 0 Å². The van der Waals surface area contributed by atoms with Gasteiger partial charge in [-0.25, -0.2) is 13.6 Å². The molecule has 0 atom stereocenters. The largest absolute Gasteiger partial charge is 0.444 e. The molecule has 1 aromatic rings. The molecular formula is C15H25F2N3O2. The minimum absolute atomic E-state index is 0.356. The van der Waals surface area contributed by atoms with Crippen molar-refractivity contribution in [3.63, 3.8) is 0 Å². The molecule has 5 nitrogen and oxygen atoms in total. The topological polar surface area (TPSA) is 55.3 Å². The second-order valence-electron chi connectivity index (χ2n) is 6.17. The molecule has 7 heteroatoms. The summed E-state index contributed by atoms with van der Waals surface area (Å²) < 4.78 is 34.2. The fourth-order valence-electron chi connectivity index (χ4n) is 1.76. The summed E-state index contributed by atoms with van der Waals surface area (Å²) >= 11 is 0. The molecule has 1 rings (SSSR count). The summed E-state index contributed by atoms with van der Waals surface area (Å²) in [5, 5.41) is 4.78. The number of carbonyl (C=O) groups is 1. The van der Waals surface area contributed by atoms with Gasteiger partial charge in [-0.1, -0.05) is 0 Å². The molecule has 2 N–H and O–H groups in total. The Morgan fingerprint density at radius 3 is 2.55 bits per heavy atom. The number of alkyl halides is 2. The summed E-state index contributed by atoms with van der Waals surface area (Å²) in [5.74, 6) is -3.04. The fraction of sp³-hybridized carbons (Fsp3) is 0.667. The number of alkyl carbamates (subject to hydrolysis) is 1. The van der Waals surface area contributed by atoms with Gasteiger partial charge in [0.05, 0.1) is 13.1 Å². The maximum Gasteiger partial charge on any atom is 0.407 e. The minimum Gasteiger partial charge on any atom is -0.444 e. The molecule has 1 aromatic heterocycles. The van der Waals surface area contributed by atoms with E-state index in [0.29, 0.717) is 6.54 Å². The van der Waals surface area contributed by atoms with Crippen molar-refractivity contribution in [2.24, 2.45) is 0 Å². The highest BCUT2D eigenvalue weighted by molar-refractivity contribution is 5.67. The van der Waals surface area contributed by atoms with Gasteiger partial charge in [-0.15, -0.1) is 0 Å². The lowest BCUT2D eigenvalue weighted by atomic mass is 10.2. The van der Waals surface area contributed by atoms with Crippen molar-refractivity contribution >= 4 is 6.09 Å². The molecule has 0 aliphatic rings. The lowest BCUT2D eigenvalue weighted by Gasteiger charge is -2.22. The quantitative estimate of drug-likeness (QED) is 0.813. The highest BCUT2D eigenvalue weighted by Crippen LogP contribution is 2.12. The van der Waals surface area contributed by atoms with Gasteiger partial charge in [0.15, 0.2) is 0 Å². The molecule has 0 aromatic carbocycles. The first-order valence-corrected chi connectivity index (χ1v) is 7.31. The van der Waals surface area contributed by atoms with Crippen LogP contribution < -0.4 is 10.6 Å². The second-order valence-corrected chi connectivity index (χ2v) is 6.17. The predicted molar refractivity (Wildman–Crippen MR) is 81.0 cm³/mol. The Morgan fingerprint density at radius 1 is 1.32 bits per heavy atom. The van der Waals surface area contributed by atoms with Crippen LogP contribution in [-0.2, 0) is 17.8 Å². The molecule has 1 amide bonds. The van der Waals surface area contributed by atoms with E-state index < -0.39 is 30.7 Å². The van der Waals surface area contributed by atoms with Gasteiger partial charge in [-0.2, -0.15) is 0 Å². The van der Waals surface area contributed by atoms with Crippen LogP contribution in [0.4, 0.5) is 13.6 Å². The van der Waals surface area contributed by atoms with Crippen LogP contribution in [0.3, 0.4) is 0 Å². The normalized spacial score (nSPS) is 12.3. The van der Waals surface area contributed by atoms with Gasteiger partial charge in [0, 0.05) is 25.5 Å². The molecule has 0 fully saturated rings. The Labute approximate surface area is 130 Å². The number of aromatic nitrogens is 1. The van der Waals surface area contributed by atoms with Crippen LogP contribution >= 0.6 is 0 Å². The molecule has 0 aliphatic carbocycles. The van der Waals surface area contributed by atoms with Crippen molar-refractivity contribution < 1.29 is 18.3 Å². The summed E-state index contributed by atoms with van der Waals surface area (Å²) in [7, 11) is 0. The van der Waals surface area contributed by atoms with Crippen molar-refractivity contribution in [3.8, 4) is 0 Å². The lowest BCUT2D eigenvalue weighted by molar-refractivity contribution is -0.00376. The zero-order valence-electron chi connectivity index (χ0n) is 13.6. The van der Waals surface area contributed by atoms with Gasteiger partial charge in [0.25, 0.3) is 5.92 Å². The van der Waals surface area contributed by atoms with Crippen LogP contribution in [-0.4, -0.2) is 35.3 Å². The summed E-state index contributed by atoms with van der Waals surface area (Å²) in [5.41, 5.74) is 0.238. The smallest absolute Gasteiger partial charge is 0.407 e. The summed E-state index contributed by atoms with van der Waals surface area (Å²) in [6.45, 7) is 6.96. The van der Waals surface area contributed by atoms with Crippen molar-refractivity contribution in [2.45, 2.75) is 52.3 Å². The number of hydrogen-bond acceptors (Lipinski definition) is 3. The number of halogens is 2. The van der Waals surface area contributed by atoms with Crippen LogP contribution in [0.2, 0.25) is 0 Å². The first kappa shape index (κ1) is 18.4. The highest BCUT2D eigenvalue weighted by Gasteiger charge is 2.30. The van der Waals surface area contributed by atoms with E-state index in [1.807, 2.05) is 30.0 Å². The zero-order chi connectivity index (χ0) is 16.8. The van der Waals surface area contributed by atoms with Crippen molar-refractivity contribution in [1.29, 1.82) is 0 Å². The van der Waals surface area contributed by atoms with E-state index in [2.05, 4.69) is 10.6 Å². The van der Waals surface area contributed by atoms with Gasteiger partial charge in [-0.05, 0) is 39.3 Å². The van der Waals surface area contributed by atoms with E-state index in [-0.39, 0.29) is 0 Å². The van der Waals surface area contributed by atoms with Crippen LogP contribution in [0, 0.1) is 0 Å². The van der Waals surface area contributed by atoms with Gasteiger partial charge < -0.3 is 19.9 Å². The molecule has 0 aliphatic heterocycles. The first-order chi connectivity index (χ1) is 10.1. The number of ether oxygens (including phenoxy) is 1. The van der Waals surface area contributed by atoms with Crippen molar-refractivity contribution in [3.05, 3.63) is 24.0 Å². The Kier molecular flexibility index (Phi) is 6.34. The molecule has 22 heavy (non-hydrogen) atoms. The molecule has 0 radical (unpaired) electrons. The lowest BCUT2D eigenvalue weighted by Crippen LogP contribution is -2.44. The maximum atomic E-state index is 13.7. The predicted octanol–water partition coefficient (Wildman–Crippen LogP) is 2.76. The highest BCUT2D eigenvalue weighted by atomic mass is 19.3. The van der Waals surface area contributed by atoms with E-state index in [1.165, 1.54) is 0 Å². The summed E-state index contributed by atoms with van der Waals surface area (Å²) in [6, 6.07) is 1.88. The second kappa shape index (κ2) is 7.58. The number of carbonyl (C=O) groups excluding carboxylic acids is 1.